The molecule has 23 heavy (non-hydrogen) atoms. The van der Waals surface area contributed by atoms with Crippen molar-refractivity contribution >= 4 is 5.91 Å². The maximum atomic E-state index is 12.1. The minimum atomic E-state index is -0.0311. The van der Waals surface area contributed by atoms with Crippen LogP contribution in [0.4, 0.5) is 0 Å². The molecule has 0 bridgehead atoms. The molecule has 0 radical (unpaired) electrons. The van der Waals surface area contributed by atoms with Crippen LogP contribution in [0.3, 0.4) is 0 Å². The first-order chi connectivity index (χ1) is 11.0. The van der Waals surface area contributed by atoms with Crippen molar-refractivity contribution in [3.63, 3.8) is 0 Å². The summed E-state index contributed by atoms with van der Waals surface area (Å²) < 4.78 is 0. The van der Waals surface area contributed by atoms with E-state index < -0.39 is 0 Å². The molecule has 0 spiro atoms. The summed E-state index contributed by atoms with van der Waals surface area (Å²) in [6.07, 6.45) is 5.17. The normalized spacial score (nSPS) is 16.3. The lowest BCUT2D eigenvalue weighted by molar-refractivity contribution is -0.121. The second-order valence-corrected chi connectivity index (χ2v) is 7.44. The molecule has 0 saturated carbocycles. The highest BCUT2D eigenvalue weighted by Crippen LogP contribution is 2.23. The average molecular weight is 316 g/mol. The number of amides is 1. The number of carbonyl (C=O) groups excluding carboxylic acids is 1. The molecule has 2 N–H and O–H groups in total. The largest absolute Gasteiger partial charge is 0.355 e. The van der Waals surface area contributed by atoms with E-state index >= 15 is 0 Å². The number of piperidine rings is 1. The molecule has 1 amide bonds. The first kappa shape index (κ1) is 18.0. The monoisotopic (exact) mass is 316 g/mol. The van der Waals surface area contributed by atoms with E-state index in [2.05, 4.69) is 55.7 Å². The van der Waals surface area contributed by atoms with Crippen molar-refractivity contribution in [3.8, 4) is 0 Å². The number of nitrogens with one attached hydrogen (secondary N) is 2. The summed E-state index contributed by atoms with van der Waals surface area (Å²) in [6, 6.07) is 8.77. The van der Waals surface area contributed by atoms with E-state index in [4.69, 9.17) is 0 Å². The van der Waals surface area contributed by atoms with Crippen molar-refractivity contribution in [2.75, 3.05) is 19.6 Å². The first-order valence-corrected chi connectivity index (χ1v) is 9.08. The summed E-state index contributed by atoms with van der Waals surface area (Å²) in [5.74, 6) is 0.915. The van der Waals surface area contributed by atoms with Crippen molar-refractivity contribution in [3.05, 3.63) is 35.4 Å². The lowest BCUT2D eigenvalue weighted by atomic mass is 9.84. The molecule has 0 unspecified atom stereocenters. The zero-order chi connectivity index (χ0) is 16.7. The topological polar surface area (TPSA) is 41.1 Å². The Kier molecular flexibility index (Phi) is 6.64. The van der Waals surface area contributed by atoms with Crippen molar-refractivity contribution in [2.24, 2.45) is 5.92 Å². The van der Waals surface area contributed by atoms with E-state index in [1.54, 1.807) is 0 Å². The molecular formula is C20H32N2O. The fourth-order valence-corrected chi connectivity index (χ4v) is 3.21. The van der Waals surface area contributed by atoms with E-state index in [1.165, 1.54) is 24.0 Å². The summed E-state index contributed by atoms with van der Waals surface area (Å²) in [6.45, 7) is 9.47. The average Bonchev–Trinajstić information content (AvgIpc) is 2.59. The second kappa shape index (κ2) is 8.49. The SMILES string of the molecule is CCc1ccc(C(C)(C)CNC(=O)CCC2CCNCC2)cc1. The van der Waals surface area contributed by atoms with Crippen LogP contribution in [0.15, 0.2) is 24.3 Å². The van der Waals surface area contributed by atoms with Crippen LogP contribution in [-0.2, 0) is 16.6 Å². The van der Waals surface area contributed by atoms with E-state index in [0.717, 1.165) is 31.8 Å². The Bertz CT molecular complexity index is 487. The van der Waals surface area contributed by atoms with Gasteiger partial charge in [0.15, 0.2) is 0 Å². The van der Waals surface area contributed by atoms with Gasteiger partial charge in [-0.05, 0) is 55.8 Å². The van der Waals surface area contributed by atoms with Gasteiger partial charge < -0.3 is 10.6 Å². The smallest absolute Gasteiger partial charge is 0.220 e. The van der Waals surface area contributed by atoms with Crippen molar-refractivity contribution in [2.45, 2.75) is 58.3 Å². The molecule has 1 aromatic rings. The molecule has 1 heterocycles. The summed E-state index contributed by atoms with van der Waals surface area (Å²) in [5.41, 5.74) is 2.61. The third-order valence-electron chi connectivity index (χ3n) is 5.11. The molecule has 0 aromatic heterocycles. The molecule has 1 saturated heterocycles. The van der Waals surface area contributed by atoms with Gasteiger partial charge in [-0.2, -0.15) is 0 Å². The number of carbonyl (C=O) groups is 1. The van der Waals surface area contributed by atoms with Crippen LogP contribution in [0.25, 0.3) is 0 Å². The van der Waals surface area contributed by atoms with E-state index in [9.17, 15) is 4.79 Å². The Morgan fingerprint density at radius 1 is 1.22 bits per heavy atom. The molecule has 1 aromatic carbocycles. The lowest BCUT2D eigenvalue weighted by Gasteiger charge is -2.26. The van der Waals surface area contributed by atoms with Gasteiger partial charge in [0.05, 0.1) is 0 Å². The molecule has 1 fully saturated rings. The maximum absolute atomic E-state index is 12.1. The van der Waals surface area contributed by atoms with E-state index in [-0.39, 0.29) is 11.3 Å². The zero-order valence-corrected chi connectivity index (χ0v) is 15.0. The van der Waals surface area contributed by atoms with Crippen LogP contribution in [0.5, 0.6) is 0 Å². The minimum absolute atomic E-state index is 0.0311. The third kappa shape index (κ3) is 5.65. The summed E-state index contributed by atoms with van der Waals surface area (Å²) >= 11 is 0. The molecule has 3 nitrogen and oxygen atoms in total. The first-order valence-electron chi connectivity index (χ1n) is 9.08. The molecule has 0 aliphatic carbocycles. The van der Waals surface area contributed by atoms with Crippen LogP contribution < -0.4 is 10.6 Å². The van der Waals surface area contributed by atoms with Gasteiger partial charge in [0.1, 0.15) is 0 Å². The van der Waals surface area contributed by atoms with Gasteiger partial charge >= 0.3 is 0 Å². The van der Waals surface area contributed by atoms with Crippen LogP contribution >= 0.6 is 0 Å². The standard InChI is InChI=1S/C20H32N2O/c1-4-16-5-8-18(9-6-16)20(2,3)15-22-19(23)10-7-17-11-13-21-14-12-17/h5-6,8-9,17,21H,4,7,10-15H2,1-3H3,(H,22,23). The van der Waals surface area contributed by atoms with Crippen LogP contribution in [0.2, 0.25) is 0 Å². The molecule has 1 aliphatic heterocycles. The number of hydrogen-bond donors (Lipinski definition) is 2. The fourth-order valence-electron chi connectivity index (χ4n) is 3.21. The predicted octanol–water partition coefficient (Wildman–Crippen LogP) is 3.42. The van der Waals surface area contributed by atoms with Gasteiger partial charge in [0, 0.05) is 18.4 Å². The number of rotatable bonds is 7. The Morgan fingerprint density at radius 2 is 1.87 bits per heavy atom. The summed E-state index contributed by atoms with van der Waals surface area (Å²) in [5, 5.41) is 6.51. The molecule has 3 heteroatoms. The van der Waals surface area contributed by atoms with Gasteiger partial charge in [-0.25, -0.2) is 0 Å². The van der Waals surface area contributed by atoms with Crippen LogP contribution in [0.1, 0.15) is 57.6 Å². The summed E-state index contributed by atoms with van der Waals surface area (Å²) in [7, 11) is 0. The molecule has 0 atom stereocenters. The highest BCUT2D eigenvalue weighted by atomic mass is 16.1. The van der Waals surface area contributed by atoms with Gasteiger partial charge in [0.2, 0.25) is 5.91 Å². The van der Waals surface area contributed by atoms with Crippen LogP contribution in [0, 0.1) is 5.92 Å². The number of benzene rings is 1. The predicted molar refractivity (Wildman–Crippen MR) is 96.7 cm³/mol. The maximum Gasteiger partial charge on any atom is 0.220 e. The fraction of sp³-hybridized carbons (Fsp3) is 0.650. The highest BCUT2D eigenvalue weighted by Gasteiger charge is 2.22. The van der Waals surface area contributed by atoms with Crippen molar-refractivity contribution < 1.29 is 4.79 Å². The van der Waals surface area contributed by atoms with Crippen molar-refractivity contribution in [1.82, 2.24) is 10.6 Å². The van der Waals surface area contributed by atoms with Gasteiger partial charge in [-0.15, -0.1) is 0 Å². The van der Waals surface area contributed by atoms with E-state index in [0.29, 0.717) is 13.0 Å². The lowest BCUT2D eigenvalue weighted by Crippen LogP contribution is -2.37. The number of aryl methyl sites for hydroxylation is 1. The molecule has 128 valence electrons. The zero-order valence-electron chi connectivity index (χ0n) is 15.0. The highest BCUT2D eigenvalue weighted by molar-refractivity contribution is 5.76. The third-order valence-corrected chi connectivity index (χ3v) is 5.11. The van der Waals surface area contributed by atoms with Gasteiger partial charge in [-0.3, -0.25) is 4.79 Å². The van der Waals surface area contributed by atoms with Gasteiger partial charge in [0.25, 0.3) is 0 Å². The van der Waals surface area contributed by atoms with Gasteiger partial charge in [-0.1, -0.05) is 45.0 Å². The quantitative estimate of drug-likeness (QED) is 0.809. The number of hydrogen-bond acceptors (Lipinski definition) is 2. The summed E-state index contributed by atoms with van der Waals surface area (Å²) in [4.78, 5) is 12.1. The Hall–Kier alpha value is -1.35. The molecule has 2 rings (SSSR count). The molecular weight excluding hydrogens is 284 g/mol. The van der Waals surface area contributed by atoms with Crippen LogP contribution in [-0.4, -0.2) is 25.5 Å². The second-order valence-electron chi connectivity index (χ2n) is 7.44. The Morgan fingerprint density at radius 3 is 2.48 bits per heavy atom. The Balaban J connectivity index is 1.76. The van der Waals surface area contributed by atoms with Crippen molar-refractivity contribution in [1.29, 1.82) is 0 Å². The molecule has 1 aliphatic rings. The van der Waals surface area contributed by atoms with E-state index in [1.807, 2.05) is 0 Å². The Labute approximate surface area is 141 Å². The minimum Gasteiger partial charge on any atom is -0.355 e.